The van der Waals surface area contributed by atoms with E-state index in [2.05, 4.69) is 39.4 Å². The Bertz CT molecular complexity index is 901. The van der Waals surface area contributed by atoms with Crippen molar-refractivity contribution in [3.05, 3.63) is 71.8 Å². The Morgan fingerprint density at radius 3 is 2.57 bits per heavy atom. The first-order valence-electron chi connectivity index (χ1n) is 9.68. The van der Waals surface area contributed by atoms with Crippen LogP contribution in [-0.2, 0) is 24.4 Å². The van der Waals surface area contributed by atoms with Crippen LogP contribution in [0.3, 0.4) is 0 Å². The summed E-state index contributed by atoms with van der Waals surface area (Å²) in [5.74, 6) is -0.501. The molecule has 4 rings (SSSR count). The second-order valence-electron chi connectivity index (χ2n) is 7.43. The van der Waals surface area contributed by atoms with Gasteiger partial charge in [0.05, 0.1) is 12.2 Å². The van der Waals surface area contributed by atoms with Crippen molar-refractivity contribution in [1.82, 2.24) is 24.5 Å². The number of aliphatic carboxylic acids is 1. The van der Waals surface area contributed by atoms with Gasteiger partial charge in [-0.15, -0.1) is 0 Å². The molecule has 1 fully saturated rings. The number of nitrogens with zero attached hydrogens (tertiary/aromatic N) is 5. The van der Waals surface area contributed by atoms with Crippen LogP contribution in [0.25, 0.3) is 0 Å². The van der Waals surface area contributed by atoms with Crippen molar-refractivity contribution in [3.8, 4) is 0 Å². The maximum atomic E-state index is 10.8. The molecule has 0 unspecified atom stereocenters. The van der Waals surface area contributed by atoms with Gasteiger partial charge in [-0.05, 0) is 42.6 Å². The van der Waals surface area contributed by atoms with E-state index in [4.69, 9.17) is 5.11 Å². The Morgan fingerprint density at radius 2 is 1.86 bits per heavy atom. The van der Waals surface area contributed by atoms with E-state index in [1.54, 1.807) is 12.4 Å². The van der Waals surface area contributed by atoms with Gasteiger partial charge in [0.2, 0.25) is 0 Å². The predicted octanol–water partition coefficient (Wildman–Crippen LogP) is 2.59. The van der Waals surface area contributed by atoms with Crippen molar-refractivity contribution < 1.29 is 9.90 Å². The molecule has 0 saturated carbocycles. The van der Waals surface area contributed by atoms with E-state index >= 15 is 0 Å². The molecule has 1 aromatic carbocycles. The quantitative estimate of drug-likeness (QED) is 0.683. The SMILES string of the molecule is O=C(O)Cn1ccc([C@@H]2CCCN(Cc3ccc(Cn4cccn4)cc3)C2)n1. The van der Waals surface area contributed by atoms with E-state index in [-0.39, 0.29) is 6.54 Å². The summed E-state index contributed by atoms with van der Waals surface area (Å²) in [5, 5.41) is 17.6. The number of rotatable bonds is 7. The van der Waals surface area contributed by atoms with Crippen LogP contribution in [0, 0.1) is 0 Å². The molecule has 0 aliphatic carbocycles. The van der Waals surface area contributed by atoms with Crippen molar-refractivity contribution in [2.24, 2.45) is 0 Å². The Balaban J connectivity index is 1.34. The second kappa shape index (κ2) is 8.39. The lowest BCUT2D eigenvalue weighted by molar-refractivity contribution is -0.137. The average Bonchev–Trinajstić information content (AvgIpc) is 3.35. The first-order chi connectivity index (χ1) is 13.7. The van der Waals surface area contributed by atoms with Crippen LogP contribution in [0.15, 0.2) is 55.0 Å². The monoisotopic (exact) mass is 379 g/mol. The van der Waals surface area contributed by atoms with Crippen LogP contribution in [-0.4, -0.2) is 48.6 Å². The van der Waals surface area contributed by atoms with Crippen molar-refractivity contribution in [2.45, 2.75) is 38.4 Å². The number of hydrogen-bond donors (Lipinski definition) is 1. The number of piperidine rings is 1. The fraction of sp³-hybridized carbons (Fsp3) is 0.381. The van der Waals surface area contributed by atoms with Gasteiger partial charge in [0.15, 0.2) is 0 Å². The maximum absolute atomic E-state index is 10.8. The van der Waals surface area contributed by atoms with Gasteiger partial charge in [-0.3, -0.25) is 19.1 Å². The summed E-state index contributed by atoms with van der Waals surface area (Å²) in [4.78, 5) is 13.3. The number of aromatic nitrogens is 4. The predicted molar refractivity (Wildman–Crippen MR) is 105 cm³/mol. The molecule has 7 nitrogen and oxygen atoms in total. The maximum Gasteiger partial charge on any atom is 0.325 e. The summed E-state index contributed by atoms with van der Waals surface area (Å²) in [6, 6.07) is 12.6. The number of carboxylic acid groups (broad SMARTS) is 1. The number of carboxylic acids is 1. The van der Waals surface area contributed by atoms with E-state index in [1.807, 2.05) is 23.0 Å². The van der Waals surface area contributed by atoms with Crippen molar-refractivity contribution in [2.75, 3.05) is 13.1 Å². The summed E-state index contributed by atoms with van der Waals surface area (Å²) in [6.45, 7) is 3.67. The zero-order valence-electron chi connectivity index (χ0n) is 15.8. The molecular weight excluding hydrogens is 354 g/mol. The Hall–Kier alpha value is -2.93. The van der Waals surface area contributed by atoms with Gasteiger partial charge in [-0.2, -0.15) is 10.2 Å². The van der Waals surface area contributed by atoms with Crippen molar-refractivity contribution >= 4 is 5.97 Å². The van der Waals surface area contributed by atoms with E-state index in [0.29, 0.717) is 5.92 Å². The molecule has 3 aromatic rings. The first kappa shape index (κ1) is 18.4. The molecule has 7 heteroatoms. The Morgan fingerprint density at radius 1 is 1.07 bits per heavy atom. The smallest absolute Gasteiger partial charge is 0.325 e. The van der Waals surface area contributed by atoms with Crippen LogP contribution in [0.1, 0.15) is 35.6 Å². The molecule has 0 spiro atoms. The van der Waals surface area contributed by atoms with E-state index < -0.39 is 5.97 Å². The minimum absolute atomic E-state index is 0.0820. The number of likely N-dealkylation sites (tertiary alicyclic amines) is 1. The van der Waals surface area contributed by atoms with Gasteiger partial charge < -0.3 is 5.11 Å². The summed E-state index contributed by atoms with van der Waals surface area (Å²) in [7, 11) is 0. The molecule has 1 aliphatic heterocycles. The van der Waals surface area contributed by atoms with Crippen LogP contribution >= 0.6 is 0 Å². The third-order valence-electron chi connectivity index (χ3n) is 5.22. The molecule has 28 heavy (non-hydrogen) atoms. The number of benzene rings is 1. The number of hydrogen-bond acceptors (Lipinski definition) is 4. The zero-order chi connectivity index (χ0) is 19.3. The molecule has 1 aliphatic rings. The van der Waals surface area contributed by atoms with Crippen LogP contribution in [0.2, 0.25) is 0 Å². The fourth-order valence-corrected chi connectivity index (χ4v) is 3.85. The van der Waals surface area contributed by atoms with Gasteiger partial charge in [-0.1, -0.05) is 24.3 Å². The molecule has 1 atom stereocenters. The van der Waals surface area contributed by atoms with Gasteiger partial charge in [-0.25, -0.2) is 0 Å². The lowest BCUT2D eigenvalue weighted by atomic mass is 9.94. The van der Waals surface area contributed by atoms with E-state index in [1.165, 1.54) is 15.8 Å². The summed E-state index contributed by atoms with van der Waals surface area (Å²) < 4.78 is 3.43. The van der Waals surface area contributed by atoms with E-state index in [0.717, 1.165) is 44.7 Å². The fourth-order valence-electron chi connectivity index (χ4n) is 3.85. The summed E-state index contributed by atoms with van der Waals surface area (Å²) >= 11 is 0. The average molecular weight is 379 g/mol. The highest BCUT2D eigenvalue weighted by Crippen LogP contribution is 2.26. The molecule has 0 amide bonds. The van der Waals surface area contributed by atoms with Crippen LogP contribution in [0.4, 0.5) is 0 Å². The first-order valence-corrected chi connectivity index (χ1v) is 9.68. The molecule has 0 radical (unpaired) electrons. The van der Waals surface area contributed by atoms with Crippen LogP contribution < -0.4 is 0 Å². The van der Waals surface area contributed by atoms with Crippen molar-refractivity contribution in [1.29, 1.82) is 0 Å². The Labute approximate surface area is 164 Å². The highest BCUT2D eigenvalue weighted by Gasteiger charge is 2.23. The van der Waals surface area contributed by atoms with E-state index in [9.17, 15) is 4.79 Å². The minimum Gasteiger partial charge on any atom is -0.480 e. The second-order valence-corrected chi connectivity index (χ2v) is 7.43. The van der Waals surface area contributed by atoms with Gasteiger partial charge in [0.1, 0.15) is 6.54 Å². The number of carbonyl (C=O) groups is 1. The zero-order valence-corrected chi connectivity index (χ0v) is 15.8. The lowest BCUT2D eigenvalue weighted by Gasteiger charge is -2.32. The summed E-state index contributed by atoms with van der Waals surface area (Å²) in [5.41, 5.74) is 3.55. The van der Waals surface area contributed by atoms with Gasteiger partial charge in [0.25, 0.3) is 0 Å². The highest BCUT2D eigenvalue weighted by atomic mass is 16.4. The molecule has 1 saturated heterocycles. The summed E-state index contributed by atoms with van der Waals surface area (Å²) in [6.07, 6.45) is 7.77. The largest absolute Gasteiger partial charge is 0.480 e. The normalized spacial score (nSPS) is 17.6. The third-order valence-corrected chi connectivity index (χ3v) is 5.22. The minimum atomic E-state index is -0.865. The molecule has 0 bridgehead atoms. The standard InChI is InChI=1S/C21H25N5O2/c27-21(28)16-26-12-8-20(23-26)19-3-1-10-24(15-19)13-17-4-6-18(7-5-17)14-25-11-2-9-22-25/h2,4-9,11-12,19H,1,3,10,13-16H2,(H,27,28)/t19-/m1/s1. The lowest BCUT2D eigenvalue weighted by Crippen LogP contribution is -2.34. The molecule has 2 aromatic heterocycles. The van der Waals surface area contributed by atoms with Crippen molar-refractivity contribution in [3.63, 3.8) is 0 Å². The molecule has 1 N–H and O–H groups in total. The van der Waals surface area contributed by atoms with Gasteiger partial charge >= 0.3 is 5.97 Å². The van der Waals surface area contributed by atoms with Crippen LogP contribution in [0.5, 0.6) is 0 Å². The highest BCUT2D eigenvalue weighted by molar-refractivity contribution is 5.66. The third kappa shape index (κ3) is 4.67. The molecule has 146 valence electrons. The Kier molecular flexibility index (Phi) is 5.53. The molecular formula is C21H25N5O2. The van der Waals surface area contributed by atoms with Gasteiger partial charge in [0, 0.05) is 37.6 Å². The topological polar surface area (TPSA) is 76.2 Å². The molecule has 3 heterocycles.